The van der Waals surface area contributed by atoms with Crippen LogP contribution in [-0.4, -0.2) is 22.5 Å². The average Bonchev–Trinajstić information content (AvgIpc) is 3.08. The topological polar surface area (TPSA) is 52.1 Å². The van der Waals surface area contributed by atoms with Crippen LogP contribution in [0, 0.1) is 0 Å². The Morgan fingerprint density at radius 1 is 1.20 bits per heavy atom. The largest absolute Gasteiger partial charge is 0.463 e. The van der Waals surface area contributed by atoms with E-state index in [1.165, 1.54) is 42.3 Å². The van der Waals surface area contributed by atoms with Gasteiger partial charge in [-0.25, -0.2) is 9.78 Å². The van der Waals surface area contributed by atoms with Crippen LogP contribution in [0.2, 0.25) is 0 Å². The Hall–Kier alpha value is -2.01. The van der Waals surface area contributed by atoms with Crippen molar-refractivity contribution in [3.63, 3.8) is 0 Å². The van der Waals surface area contributed by atoms with Gasteiger partial charge < -0.3 is 4.74 Å². The molecule has 0 spiro atoms. The highest BCUT2D eigenvalue weighted by atomic mass is 32.1. The Bertz CT molecular complexity index is 752. The van der Waals surface area contributed by atoms with Crippen molar-refractivity contribution in [2.24, 2.45) is 0 Å². The normalized spacial score (nSPS) is 13.8. The minimum Gasteiger partial charge on any atom is -0.463 e. The van der Waals surface area contributed by atoms with Crippen LogP contribution < -0.4 is 0 Å². The average molecular weight is 356 g/mol. The van der Waals surface area contributed by atoms with Gasteiger partial charge in [-0.3, -0.25) is 4.98 Å². The van der Waals surface area contributed by atoms with Crippen LogP contribution in [0.25, 0.3) is 6.08 Å². The van der Waals surface area contributed by atoms with E-state index in [0.29, 0.717) is 6.61 Å². The monoisotopic (exact) mass is 356 g/mol. The molecule has 1 aliphatic carbocycles. The number of nitrogens with zero attached hydrogens (tertiary/aromatic N) is 2. The van der Waals surface area contributed by atoms with E-state index >= 15 is 0 Å². The number of esters is 1. The number of carbonyl (C=O) groups is 1. The molecule has 3 rings (SSSR count). The van der Waals surface area contributed by atoms with E-state index in [1.807, 2.05) is 0 Å². The maximum absolute atomic E-state index is 11.3. The van der Waals surface area contributed by atoms with Crippen molar-refractivity contribution in [2.45, 2.75) is 51.9 Å². The van der Waals surface area contributed by atoms with Crippen molar-refractivity contribution < 1.29 is 9.53 Å². The first-order valence-corrected chi connectivity index (χ1v) is 9.89. The number of hydrogen-bond donors (Lipinski definition) is 0. The molecule has 0 atom stereocenters. The lowest BCUT2D eigenvalue weighted by atomic mass is 9.95. The maximum Gasteiger partial charge on any atom is 0.330 e. The van der Waals surface area contributed by atoms with Crippen LogP contribution >= 0.6 is 11.3 Å². The second-order valence-electron chi connectivity index (χ2n) is 6.23. The van der Waals surface area contributed by atoms with Crippen molar-refractivity contribution >= 4 is 23.4 Å². The number of fused-ring (bicyclic) bond motifs is 1. The van der Waals surface area contributed by atoms with Gasteiger partial charge in [0.05, 0.1) is 12.3 Å². The molecule has 0 amide bonds. The molecule has 0 saturated carbocycles. The third-order valence-electron chi connectivity index (χ3n) is 4.32. The number of pyridine rings is 1. The van der Waals surface area contributed by atoms with Gasteiger partial charge in [-0.05, 0) is 69.6 Å². The minimum atomic E-state index is -0.322. The third kappa shape index (κ3) is 5.23. The molecule has 0 bridgehead atoms. The molecule has 1 aliphatic rings. The molecular formula is C20H24N2O2S. The lowest BCUT2D eigenvalue weighted by Gasteiger charge is -2.15. The van der Waals surface area contributed by atoms with Crippen molar-refractivity contribution in [3.05, 3.63) is 51.2 Å². The summed E-state index contributed by atoms with van der Waals surface area (Å²) in [5, 5.41) is 2.90. The first-order chi connectivity index (χ1) is 12.2. The quantitative estimate of drug-likeness (QED) is 0.552. The van der Waals surface area contributed by atoms with E-state index in [4.69, 9.17) is 9.72 Å². The summed E-state index contributed by atoms with van der Waals surface area (Å²) >= 11 is 1.55. The first-order valence-electron chi connectivity index (χ1n) is 9.01. The summed E-state index contributed by atoms with van der Waals surface area (Å²) in [7, 11) is 0. The van der Waals surface area contributed by atoms with Crippen LogP contribution in [-0.2, 0) is 35.2 Å². The van der Waals surface area contributed by atoms with Gasteiger partial charge in [-0.1, -0.05) is 6.07 Å². The molecule has 0 aromatic carbocycles. The zero-order chi connectivity index (χ0) is 17.5. The summed E-state index contributed by atoms with van der Waals surface area (Å²) in [4.78, 5) is 20.7. The molecule has 4 nitrogen and oxygen atoms in total. The molecule has 0 aliphatic heterocycles. The molecule has 5 heteroatoms. The Morgan fingerprint density at radius 2 is 2.04 bits per heavy atom. The summed E-state index contributed by atoms with van der Waals surface area (Å²) in [6.45, 7) is 2.19. The van der Waals surface area contributed by atoms with Crippen LogP contribution in [0.5, 0.6) is 0 Å². The SMILES string of the molecule is CCOC(=O)/C=C/c1nc(CCCc2ccc3c(n2)CCCC3)cs1. The van der Waals surface area contributed by atoms with Crippen LogP contribution in [0.3, 0.4) is 0 Å². The standard InChI is InChI=1S/C20H24N2O2S/c1-2-24-20(23)13-12-19-22-17(14-25-19)8-5-7-16-11-10-15-6-3-4-9-18(15)21-16/h10-14H,2-9H2,1H3/b13-12+. The van der Waals surface area contributed by atoms with Crippen LogP contribution in [0.4, 0.5) is 0 Å². The van der Waals surface area contributed by atoms with Crippen LogP contribution in [0.15, 0.2) is 23.6 Å². The Morgan fingerprint density at radius 3 is 2.92 bits per heavy atom. The maximum atomic E-state index is 11.3. The predicted octanol–water partition coefficient (Wildman–Crippen LogP) is 4.17. The minimum absolute atomic E-state index is 0.322. The van der Waals surface area contributed by atoms with Crippen molar-refractivity contribution in [2.75, 3.05) is 6.61 Å². The zero-order valence-corrected chi connectivity index (χ0v) is 15.5. The number of thiazole rings is 1. The predicted molar refractivity (Wildman–Crippen MR) is 101 cm³/mol. The number of ether oxygens (including phenoxy) is 1. The molecule has 0 radical (unpaired) electrons. The molecule has 2 aromatic heterocycles. The number of rotatable bonds is 7. The summed E-state index contributed by atoms with van der Waals surface area (Å²) in [5.74, 6) is -0.322. The molecule has 2 heterocycles. The van der Waals surface area contributed by atoms with Gasteiger partial charge in [0.2, 0.25) is 0 Å². The van der Waals surface area contributed by atoms with Gasteiger partial charge in [-0.2, -0.15) is 0 Å². The molecule has 0 N–H and O–H groups in total. The second kappa shape index (κ2) is 8.90. The van der Waals surface area contributed by atoms with Crippen molar-refractivity contribution in [1.82, 2.24) is 9.97 Å². The van der Waals surface area contributed by atoms with E-state index in [0.717, 1.165) is 36.4 Å². The van der Waals surface area contributed by atoms with E-state index in [-0.39, 0.29) is 5.97 Å². The molecule has 0 unspecified atom stereocenters. The molecule has 132 valence electrons. The highest BCUT2D eigenvalue weighted by Crippen LogP contribution is 2.20. The highest BCUT2D eigenvalue weighted by molar-refractivity contribution is 7.10. The molecule has 25 heavy (non-hydrogen) atoms. The van der Waals surface area contributed by atoms with Crippen molar-refractivity contribution in [1.29, 1.82) is 0 Å². The van der Waals surface area contributed by atoms with E-state index in [9.17, 15) is 4.79 Å². The van der Waals surface area contributed by atoms with E-state index in [1.54, 1.807) is 24.3 Å². The first kappa shape index (κ1) is 17.8. The van der Waals surface area contributed by atoms with E-state index < -0.39 is 0 Å². The van der Waals surface area contributed by atoms with Crippen LogP contribution in [0.1, 0.15) is 53.8 Å². The van der Waals surface area contributed by atoms with Gasteiger partial charge in [0.1, 0.15) is 5.01 Å². The summed E-state index contributed by atoms with van der Waals surface area (Å²) in [5.41, 5.74) is 5.01. The fourth-order valence-corrected chi connectivity index (χ4v) is 3.80. The lowest BCUT2D eigenvalue weighted by Crippen LogP contribution is -2.07. The summed E-state index contributed by atoms with van der Waals surface area (Å²) in [6.07, 6.45) is 11.0. The summed E-state index contributed by atoms with van der Waals surface area (Å²) < 4.78 is 4.87. The highest BCUT2D eigenvalue weighted by Gasteiger charge is 2.11. The molecule has 2 aromatic rings. The van der Waals surface area contributed by atoms with Gasteiger partial charge in [0.25, 0.3) is 0 Å². The summed E-state index contributed by atoms with van der Waals surface area (Å²) in [6, 6.07) is 4.44. The Kier molecular flexibility index (Phi) is 6.34. The molecule has 0 fully saturated rings. The second-order valence-corrected chi connectivity index (χ2v) is 7.12. The number of aromatic nitrogens is 2. The number of aryl methyl sites for hydroxylation is 4. The van der Waals surface area contributed by atoms with Gasteiger partial charge in [0.15, 0.2) is 0 Å². The number of hydrogen-bond acceptors (Lipinski definition) is 5. The smallest absolute Gasteiger partial charge is 0.330 e. The molecular weight excluding hydrogens is 332 g/mol. The zero-order valence-electron chi connectivity index (χ0n) is 14.7. The number of carbonyl (C=O) groups excluding carboxylic acids is 1. The fourth-order valence-electron chi connectivity index (χ4n) is 3.06. The third-order valence-corrected chi connectivity index (χ3v) is 5.18. The van der Waals surface area contributed by atoms with Gasteiger partial charge >= 0.3 is 5.97 Å². The lowest BCUT2D eigenvalue weighted by molar-refractivity contribution is -0.137. The van der Waals surface area contributed by atoms with Gasteiger partial charge in [0, 0.05) is 22.8 Å². The van der Waals surface area contributed by atoms with Crippen molar-refractivity contribution in [3.8, 4) is 0 Å². The molecule has 0 saturated heterocycles. The Labute approximate surface area is 153 Å². The fraction of sp³-hybridized carbons (Fsp3) is 0.450. The van der Waals surface area contributed by atoms with E-state index in [2.05, 4.69) is 22.5 Å². The van der Waals surface area contributed by atoms with Gasteiger partial charge in [-0.15, -0.1) is 11.3 Å². The Balaban J connectivity index is 1.48.